The van der Waals surface area contributed by atoms with Crippen LogP contribution in [0.25, 0.3) is 0 Å². The fourth-order valence-corrected chi connectivity index (χ4v) is 2.13. The van der Waals surface area contributed by atoms with Crippen molar-refractivity contribution in [3.05, 3.63) is 0 Å². The maximum absolute atomic E-state index is 11.8. The lowest BCUT2D eigenvalue weighted by atomic mass is 9.96. The highest BCUT2D eigenvalue weighted by Crippen LogP contribution is 2.13. The van der Waals surface area contributed by atoms with Crippen molar-refractivity contribution in [2.45, 2.75) is 45.1 Å². The molecule has 0 aliphatic carbocycles. The van der Waals surface area contributed by atoms with Gasteiger partial charge in [0, 0.05) is 12.5 Å². The Labute approximate surface area is 97.8 Å². The number of piperidine rings is 1. The smallest absolute Gasteiger partial charge is 0.223 e. The molecular weight excluding hydrogens is 204 g/mol. The lowest BCUT2D eigenvalue weighted by Crippen LogP contribution is -2.44. The second-order valence-electron chi connectivity index (χ2n) is 4.99. The average Bonchev–Trinajstić information content (AvgIpc) is 2.27. The number of hydrogen-bond acceptors (Lipinski definition) is 3. The van der Waals surface area contributed by atoms with E-state index in [0.717, 1.165) is 38.8 Å². The van der Waals surface area contributed by atoms with Gasteiger partial charge in [0.15, 0.2) is 0 Å². The second kappa shape index (κ2) is 6.21. The van der Waals surface area contributed by atoms with E-state index < -0.39 is 5.60 Å². The summed E-state index contributed by atoms with van der Waals surface area (Å²) >= 11 is 0. The fraction of sp³-hybridized carbons (Fsp3) is 0.917. The summed E-state index contributed by atoms with van der Waals surface area (Å²) < 4.78 is 0. The number of carbonyl (C=O) groups excluding carboxylic acids is 1. The van der Waals surface area contributed by atoms with E-state index in [9.17, 15) is 9.90 Å². The maximum atomic E-state index is 11.8. The maximum Gasteiger partial charge on any atom is 0.223 e. The number of amides is 1. The standard InChI is InChI=1S/C12H24N2O2/c1-3-6-12(2,16)9-14-11(15)10-4-7-13-8-5-10/h10,13,16H,3-9H2,1-2H3,(H,14,15). The number of hydrogen-bond donors (Lipinski definition) is 3. The van der Waals surface area contributed by atoms with Gasteiger partial charge < -0.3 is 15.7 Å². The molecule has 4 nitrogen and oxygen atoms in total. The summed E-state index contributed by atoms with van der Waals surface area (Å²) in [7, 11) is 0. The fourth-order valence-electron chi connectivity index (χ4n) is 2.13. The molecule has 4 heteroatoms. The minimum absolute atomic E-state index is 0.0953. The predicted molar refractivity (Wildman–Crippen MR) is 64.1 cm³/mol. The molecule has 0 aromatic carbocycles. The molecule has 1 atom stereocenters. The molecule has 0 saturated carbocycles. The van der Waals surface area contributed by atoms with Gasteiger partial charge in [0.25, 0.3) is 0 Å². The normalized spacial score (nSPS) is 21.4. The van der Waals surface area contributed by atoms with Crippen molar-refractivity contribution in [2.75, 3.05) is 19.6 Å². The minimum Gasteiger partial charge on any atom is -0.388 e. The first-order valence-electron chi connectivity index (χ1n) is 6.26. The molecule has 1 rings (SSSR count). The summed E-state index contributed by atoms with van der Waals surface area (Å²) in [5, 5.41) is 16.0. The SMILES string of the molecule is CCCC(C)(O)CNC(=O)C1CCNCC1. The van der Waals surface area contributed by atoms with Gasteiger partial charge in [0.2, 0.25) is 5.91 Å². The third-order valence-electron chi connectivity index (χ3n) is 3.14. The molecule has 1 aliphatic rings. The summed E-state index contributed by atoms with van der Waals surface area (Å²) in [4.78, 5) is 11.8. The van der Waals surface area contributed by atoms with Gasteiger partial charge in [-0.2, -0.15) is 0 Å². The number of nitrogens with one attached hydrogen (secondary N) is 2. The van der Waals surface area contributed by atoms with Crippen LogP contribution in [0.4, 0.5) is 0 Å². The number of rotatable bonds is 5. The molecular formula is C12H24N2O2. The first-order valence-corrected chi connectivity index (χ1v) is 6.26. The number of aliphatic hydroxyl groups is 1. The lowest BCUT2D eigenvalue weighted by molar-refractivity contribution is -0.126. The van der Waals surface area contributed by atoms with Crippen LogP contribution in [0.1, 0.15) is 39.5 Å². The largest absolute Gasteiger partial charge is 0.388 e. The molecule has 1 amide bonds. The highest BCUT2D eigenvalue weighted by molar-refractivity contribution is 5.78. The highest BCUT2D eigenvalue weighted by Gasteiger charge is 2.24. The summed E-state index contributed by atoms with van der Waals surface area (Å²) in [6, 6.07) is 0. The zero-order chi connectivity index (χ0) is 12.0. The molecule has 0 spiro atoms. The third kappa shape index (κ3) is 4.49. The van der Waals surface area contributed by atoms with E-state index in [0.29, 0.717) is 6.54 Å². The van der Waals surface area contributed by atoms with Gasteiger partial charge in [-0.15, -0.1) is 0 Å². The van der Waals surface area contributed by atoms with Gasteiger partial charge in [-0.05, 0) is 39.3 Å². The molecule has 94 valence electrons. The highest BCUT2D eigenvalue weighted by atomic mass is 16.3. The first-order chi connectivity index (χ1) is 7.55. The lowest BCUT2D eigenvalue weighted by Gasteiger charge is -2.26. The molecule has 0 bridgehead atoms. The molecule has 16 heavy (non-hydrogen) atoms. The minimum atomic E-state index is -0.767. The molecule has 1 fully saturated rings. The van der Waals surface area contributed by atoms with Gasteiger partial charge in [-0.1, -0.05) is 13.3 Å². The van der Waals surface area contributed by atoms with Crippen molar-refractivity contribution >= 4 is 5.91 Å². The van der Waals surface area contributed by atoms with Gasteiger partial charge in [-0.3, -0.25) is 4.79 Å². The molecule has 0 radical (unpaired) electrons. The Hall–Kier alpha value is -0.610. The Balaban J connectivity index is 2.28. The van der Waals surface area contributed by atoms with E-state index in [1.54, 1.807) is 6.92 Å². The Morgan fingerprint density at radius 3 is 2.69 bits per heavy atom. The van der Waals surface area contributed by atoms with E-state index in [4.69, 9.17) is 0 Å². The predicted octanol–water partition coefficient (Wildman–Crippen LogP) is 0.653. The van der Waals surface area contributed by atoms with Crippen molar-refractivity contribution in [1.82, 2.24) is 10.6 Å². The summed E-state index contributed by atoms with van der Waals surface area (Å²) in [5.74, 6) is 0.219. The van der Waals surface area contributed by atoms with E-state index in [2.05, 4.69) is 10.6 Å². The van der Waals surface area contributed by atoms with Crippen LogP contribution in [0.3, 0.4) is 0 Å². The molecule has 0 aromatic rings. The average molecular weight is 228 g/mol. The van der Waals surface area contributed by atoms with Crippen LogP contribution in [0.5, 0.6) is 0 Å². The second-order valence-corrected chi connectivity index (χ2v) is 4.99. The molecule has 0 aromatic heterocycles. The van der Waals surface area contributed by atoms with Gasteiger partial charge in [0.05, 0.1) is 5.60 Å². The molecule has 1 heterocycles. The van der Waals surface area contributed by atoms with Gasteiger partial charge in [0.1, 0.15) is 0 Å². The van der Waals surface area contributed by atoms with Crippen molar-refractivity contribution in [2.24, 2.45) is 5.92 Å². The van der Waals surface area contributed by atoms with Crippen LogP contribution >= 0.6 is 0 Å². The Bertz CT molecular complexity index is 223. The molecule has 3 N–H and O–H groups in total. The van der Waals surface area contributed by atoms with Crippen LogP contribution in [-0.2, 0) is 4.79 Å². The van der Waals surface area contributed by atoms with Crippen LogP contribution in [0, 0.1) is 5.92 Å². The Morgan fingerprint density at radius 2 is 2.12 bits per heavy atom. The van der Waals surface area contributed by atoms with Gasteiger partial charge in [-0.25, -0.2) is 0 Å². The molecule has 1 unspecified atom stereocenters. The van der Waals surface area contributed by atoms with E-state index in [1.807, 2.05) is 6.92 Å². The van der Waals surface area contributed by atoms with E-state index in [1.165, 1.54) is 0 Å². The molecule has 1 aliphatic heterocycles. The quantitative estimate of drug-likeness (QED) is 0.647. The van der Waals surface area contributed by atoms with E-state index in [-0.39, 0.29) is 11.8 Å². The van der Waals surface area contributed by atoms with Crippen molar-refractivity contribution in [3.63, 3.8) is 0 Å². The van der Waals surface area contributed by atoms with Crippen LogP contribution in [-0.4, -0.2) is 36.2 Å². The molecule has 1 saturated heterocycles. The first kappa shape index (κ1) is 13.5. The van der Waals surface area contributed by atoms with E-state index >= 15 is 0 Å². The van der Waals surface area contributed by atoms with Crippen LogP contribution < -0.4 is 10.6 Å². The monoisotopic (exact) mass is 228 g/mol. The summed E-state index contributed by atoms with van der Waals surface area (Å²) in [5.41, 5.74) is -0.767. The van der Waals surface area contributed by atoms with Crippen LogP contribution in [0.15, 0.2) is 0 Å². The number of carbonyl (C=O) groups is 1. The van der Waals surface area contributed by atoms with Crippen LogP contribution in [0.2, 0.25) is 0 Å². The third-order valence-corrected chi connectivity index (χ3v) is 3.14. The summed E-state index contributed by atoms with van der Waals surface area (Å²) in [6.07, 6.45) is 3.46. The zero-order valence-corrected chi connectivity index (χ0v) is 10.4. The van der Waals surface area contributed by atoms with Crippen molar-refractivity contribution < 1.29 is 9.90 Å². The zero-order valence-electron chi connectivity index (χ0n) is 10.4. The topological polar surface area (TPSA) is 61.4 Å². The van der Waals surface area contributed by atoms with Gasteiger partial charge >= 0.3 is 0 Å². The van der Waals surface area contributed by atoms with Crippen molar-refractivity contribution in [3.8, 4) is 0 Å². The Morgan fingerprint density at radius 1 is 1.50 bits per heavy atom. The Kier molecular flexibility index (Phi) is 5.22. The van der Waals surface area contributed by atoms with Crippen molar-refractivity contribution in [1.29, 1.82) is 0 Å². The summed E-state index contributed by atoms with van der Waals surface area (Å²) in [6.45, 7) is 6.01.